The molecule has 0 saturated heterocycles. The molecule has 0 atom stereocenters. The first-order valence-electron chi connectivity index (χ1n) is 11.5. The van der Waals surface area contributed by atoms with E-state index in [1.165, 1.54) is 17.2 Å². The Labute approximate surface area is 197 Å². The first kappa shape index (κ1) is 21.8. The fraction of sp³-hybridized carbons (Fsp3) is 0.333. The monoisotopic (exact) mass is 461 g/mol. The van der Waals surface area contributed by atoms with Gasteiger partial charge in [0.2, 0.25) is 0 Å². The van der Waals surface area contributed by atoms with E-state index in [4.69, 9.17) is 0 Å². The third-order valence-corrected chi connectivity index (χ3v) is 7.58. The minimum Gasteiger partial charge on any atom is -0.361 e. The second-order valence-electron chi connectivity index (χ2n) is 9.13. The maximum atomic E-state index is 14.4. The summed E-state index contributed by atoms with van der Waals surface area (Å²) in [6.45, 7) is 7.40. The number of carbonyl (C=O) groups is 1. The third kappa shape index (κ3) is 4.44. The molecule has 1 aliphatic carbocycles. The molecule has 6 heteroatoms. The van der Waals surface area contributed by atoms with Crippen molar-refractivity contribution >= 4 is 28.1 Å². The van der Waals surface area contributed by atoms with Gasteiger partial charge in [0, 0.05) is 30.2 Å². The van der Waals surface area contributed by atoms with Gasteiger partial charge >= 0.3 is 0 Å². The molecule has 0 spiro atoms. The van der Waals surface area contributed by atoms with Crippen molar-refractivity contribution < 1.29 is 9.18 Å². The van der Waals surface area contributed by atoms with Gasteiger partial charge in [-0.1, -0.05) is 24.3 Å². The molecule has 4 nitrogen and oxygen atoms in total. The Morgan fingerprint density at radius 1 is 1.18 bits per heavy atom. The Bertz CT molecular complexity index is 1330. The van der Waals surface area contributed by atoms with Crippen LogP contribution in [-0.4, -0.2) is 33.9 Å². The molecule has 2 aromatic carbocycles. The second-order valence-corrected chi connectivity index (χ2v) is 10.3. The molecule has 0 bridgehead atoms. The lowest BCUT2D eigenvalue weighted by molar-refractivity contribution is 0.0745. The lowest BCUT2D eigenvalue weighted by atomic mass is 10.0. The van der Waals surface area contributed by atoms with Gasteiger partial charge in [-0.15, -0.1) is 11.3 Å². The number of benzene rings is 2. The van der Waals surface area contributed by atoms with Crippen molar-refractivity contribution in [2.75, 3.05) is 13.1 Å². The molecule has 1 amide bonds. The van der Waals surface area contributed by atoms with Crippen molar-refractivity contribution in [2.45, 2.75) is 40.0 Å². The summed E-state index contributed by atoms with van der Waals surface area (Å²) in [6, 6.07) is 11.4. The van der Waals surface area contributed by atoms with E-state index in [2.05, 4.69) is 42.0 Å². The zero-order valence-corrected chi connectivity index (χ0v) is 20.1. The van der Waals surface area contributed by atoms with Gasteiger partial charge < -0.3 is 9.88 Å². The largest absolute Gasteiger partial charge is 0.361 e. The number of nitrogens with one attached hydrogen (secondary N) is 1. The molecule has 2 aromatic heterocycles. The minimum atomic E-state index is -0.226. The number of H-pyrrole nitrogens is 1. The second kappa shape index (κ2) is 8.75. The predicted molar refractivity (Wildman–Crippen MR) is 132 cm³/mol. The van der Waals surface area contributed by atoms with E-state index in [1.54, 1.807) is 17.4 Å². The molecule has 0 aliphatic heterocycles. The summed E-state index contributed by atoms with van der Waals surface area (Å²) >= 11 is 1.57. The van der Waals surface area contributed by atoms with E-state index < -0.39 is 0 Å². The van der Waals surface area contributed by atoms with Gasteiger partial charge in [0.15, 0.2) is 0 Å². The van der Waals surface area contributed by atoms with Crippen molar-refractivity contribution in [3.8, 4) is 10.4 Å². The number of aromatic amines is 1. The first-order chi connectivity index (χ1) is 15.9. The number of carbonyl (C=O) groups excluding carboxylic acids is 1. The van der Waals surface area contributed by atoms with Gasteiger partial charge in [-0.05, 0) is 80.3 Å². The molecule has 1 aliphatic rings. The predicted octanol–water partition coefficient (Wildman–Crippen LogP) is 6.45. The number of hydrogen-bond acceptors (Lipinski definition) is 3. The summed E-state index contributed by atoms with van der Waals surface area (Å²) in [7, 11) is 0. The molecule has 0 radical (unpaired) electrons. The highest BCUT2D eigenvalue weighted by atomic mass is 32.1. The van der Waals surface area contributed by atoms with Crippen molar-refractivity contribution in [1.29, 1.82) is 0 Å². The number of aromatic nitrogens is 2. The number of rotatable bonds is 7. The van der Waals surface area contributed by atoms with Crippen LogP contribution < -0.4 is 0 Å². The van der Waals surface area contributed by atoms with Crippen LogP contribution >= 0.6 is 11.3 Å². The number of aryl methyl sites for hydroxylation is 3. The highest BCUT2D eigenvalue weighted by molar-refractivity contribution is 7.15. The highest BCUT2D eigenvalue weighted by Crippen LogP contribution is 2.34. The van der Waals surface area contributed by atoms with Crippen LogP contribution in [0, 0.1) is 32.5 Å². The van der Waals surface area contributed by atoms with Crippen LogP contribution in [0.1, 0.15) is 45.0 Å². The fourth-order valence-electron chi connectivity index (χ4n) is 4.35. The van der Waals surface area contributed by atoms with Crippen molar-refractivity contribution in [1.82, 2.24) is 14.9 Å². The molecule has 4 aromatic rings. The van der Waals surface area contributed by atoms with Gasteiger partial charge in [-0.25, -0.2) is 9.37 Å². The smallest absolute Gasteiger partial charge is 0.274 e. The molecular formula is C27H28FN3OS. The lowest BCUT2D eigenvalue weighted by Gasteiger charge is -2.22. The summed E-state index contributed by atoms with van der Waals surface area (Å²) < 4.78 is 14.4. The van der Waals surface area contributed by atoms with Crippen LogP contribution in [0.2, 0.25) is 0 Å². The number of amides is 1. The van der Waals surface area contributed by atoms with E-state index in [9.17, 15) is 9.18 Å². The molecule has 5 rings (SSSR count). The van der Waals surface area contributed by atoms with Gasteiger partial charge in [0.05, 0.1) is 9.88 Å². The van der Waals surface area contributed by atoms with Crippen molar-refractivity contribution in [2.24, 2.45) is 5.92 Å². The van der Waals surface area contributed by atoms with Crippen LogP contribution in [0.5, 0.6) is 0 Å². The SMILES string of the molecule is Cc1nc(C(=O)N(CCc2c[nH]c3cccc(F)c23)CC2CC2)c(-c2ccc(C)c(C)c2)s1. The average Bonchev–Trinajstić information content (AvgIpc) is 3.38. The normalized spacial score (nSPS) is 13.6. The molecule has 2 heterocycles. The lowest BCUT2D eigenvalue weighted by Crippen LogP contribution is -2.35. The summed E-state index contributed by atoms with van der Waals surface area (Å²) in [5, 5.41) is 1.51. The zero-order chi connectivity index (χ0) is 23.1. The molecule has 1 N–H and O–H groups in total. The number of thiazole rings is 1. The zero-order valence-electron chi connectivity index (χ0n) is 19.2. The molecule has 33 heavy (non-hydrogen) atoms. The molecule has 170 valence electrons. The number of hydrogen-bond donors (Lipinski definition) is 1. The van der Waals surface area contributed by atoms with E-state index in [1.807, 2.05) is 24.1 Å². The molecule has 1 saturated carbocycles. The quantitative estimate of drug-likeness (QED) is 0.344. The number of nitrogens with zero attached hydrogens (tertiary/aromatic N) is 2. The van der Waals surface area contributed by atoms with E-state index in [0.717, 1.165) is 45.9 Å². The third-order valence-electron chi connectivity index (χ3n) is 6.56. The van der Waals surface area contributed by atoms with Crippen LogP contribution in [-0.2, 0) is 6.42 Å². The Hall–Kier alpha value is -2.99. The van der Waals surface area contributed by atoms with E-state index in [-0.39, 0.29) is 11.7 Å². The Morgan fingerprint density at radius 2 is 2.00 bits per heavy atom. The van der Waals surface area contributed by atoms with E-state index >= 15 is 0 Å². The van der Waals surface area contributed by atoms with Gasteiger partial charge in [0.25, 0.3) is 5.91 Å². The highest BCUT2D eigenvalue weighted by Gasteiger charge is 2.30. The Balaban J connectivity index is 1.43. The van der Waals surface area contributed by atoms with Gasteiger partial charge in [0.1, 0.15) is 11.5 Å². The summed E-state index contributed by atoms with van der Waals surface area (Å²) in [5.41, 5.74) is 5.70. The van der Waals surface area contributed by atoms with Crippen molar-refractivity contribution in [3.05, 3.63) is 75.8 Å². The summed E-state index contributed by atoms with van der Waals surface area (Å²) in [5.74, 6) is 0.300. The Kier molecular flexibility index (Phi) is 5.79. The van der Waals surface area contributed by atoms with E-state index in [0.29, 0.717) is 30.0 Å². The van der Waals surface area contributed by atoms with Crippen LogP contribution in [0.3, 0.4) is 0 Å². The summed E-state index contributed by atoms with van der Waals surface area (Å²) in [6.07, 6.45) is 4.78. The molecule has 1 fully saturated rings. The number of fused-ring (bicyclic) bond motifs is 1. The van der Waals surface area contributed by atoms with Crippen LogP contribution in [0.4, 0.5) is 4.39 Å². The van der Waals surface area contributed by atoms with Crippen LogP contribution in [0.25, 0.3) is 21.3 Å². The maximum absolute atomic E-state index is 14.4. The molecular weight excluding hydrogens is 433 g/mol. The Morgan fingerprint density at radius 3 is 2.76 bits per heavy atom. The summed E-state index contributed by atoms with van der Waals surface area (Å²) in [4.78, 5) is 24.4. The van der Waals surface area contributed by atoms with Gasteiger partial charge in [-0.2, -0.15) is 0 Å². The fourth-order valence-corrected chi connectivity index (χ4v) is 5.26. The van der Waals surface area contributed by atoms with Crippen LogP contribution in [0.15, 0.2) is 42.6 Å². The number of halogens is 1. The first-order valence-corrected chi connectivity index (χ1v) is 12.3. The van der Waals surface area contributed by atoms with Crippen molar-refractivity contribution in [3.63, 3.8) is 0 Å². The minimum absolute atomic E-state index is 0.0280. The molecule has 0 unspecified atom stereocenters. The average molecular weight is 462 g/mol. The topological polar surface area (TPSA) is 49.0 Å². The van der Waals surface area contributed by atoms with Gasteiger partial charge in [-0.3, -0.25) is 4.79 Å². The standard InChI is InChI=1S/C27H28FN3OS/c1-16-7-10-20(13-17(16)2)26-25(30-18(3)33-26)27(32)31(15-19-8-9-19)12-11-21-14-29-23-6-4-5-22(28)24(21)23/h4-7,10,13-14,19,29H,8-9,11-12,15H2,1-3H3. The maximum Gasteiger partial charge on any atom is 0.274 e.